The number of aromatic nitrogens is 2. The molecule has 1 aromatic carbocycles. The van der Waals surface area contributed by atoms with E-state index in [9.17, 15) is 5.11 Å². The van der Waals surface area contributed by atoms with Gasteiger partial charge in [0, 0.05) is 17.5 Å². The lowest BCUT2D eigenvalue weighted by atomic mass is 9.96. The molecule has 3 rings (SSSR count). The van der Waals surface area contributed by atoms with Gasteiger partial charge in [-0.15, -0.1) is 0 Å². The van der Waals surface area contributed by atoms with Crippen LogP contribution in [0.15, 0.2) is 24.3 Å². The molecule has 0 radical (unpaired) electrons. The standard InChI is InChI=1S/C16H18N2O2/c1-3-14-13(9-10(2)17-18-14)15(19)12-6-4-5-11-7-8-20-16(11)12/h4-6,9,15,19H,3,7-8H2,1-2H3. The zero-order valence-electron chi connectivity index (χ0n) is 11.8. The molecule has 0 amide bonds. The normalized spacial score (nSPS) is 14.8. The largest absolute Gasteiger partial charge is 0.493 e. The Hall–Kier alpha value is -1.94. The second-order valence-electron chi connectivity index (χ2n) is 5.08. The van der Waals surface area contributed by atoms with Crippen molar-refractivity contribution in [3.05, 3.63) is 52.3 Å². The van der Waals surface area contributed by atoms with Crippen LogP contribution in [0.2, 0.25) is 0 Å². The fourth-order valence-corrected chi connectivity index (χ4v) is 2.67. The molecule has 4 nitrogen and oxygen atoms in total. The lowest BCUT2D eigenvalue weighted by Crippen LogP contribution is -2.08. The molecule has 1 atom stereocenters. The van der Waals surface area contributed by atoms with Crippen molar-refractivity contribution in [2.45, 2.75) is 32.8 Å². The summed E-state index contributed by atoms with van der Waals surface area (Å²) in [5.74, 6) is 0.830. The summed E-state index contributed by atoms with van der Waals surface area (Å²) in [4.78, 5) is 0. The third kappa shape index (κ3) is 2.16. The number of para-hydroxylation sites is 1. The minimum Gasteiger partial charge on any atom is -0.493 e. The molecule has 0 aliphatic carbocycles. The second kappa shape index (κ2) is 5.21. The Morgan fingerprint density at radius 3 is 2.95 bits per heavy atom. The average Bonchev–Trinajstić information content (AvgIpc) is 2.94. The van der Waals surface area contributed by atoms with Crippen LogP contribution in [0.4, 0.5) is 0 Å². The first-order valence-corrected chi connectivity index (χ1v) is 6.96. The quantitative estimate of drug-likeness (QED) is 0.930. The predicted octanol–water partition coefficient (Wildman–Crippen LogP) is 2.36. The number of benzene rings is 1. The summed E-state index contributed by atoms with van der Waals surface area (Å²) in [7, 11) is 0. The number of aryl methyl sites for hydroxylation is 2. The Kier molecular flexibility index (Phi) is 3.40. The summed E-state index contributed by atoms with van der Waals surface area (Å²) in [5, 5.41) is 19.0. The minimum absolute atomic E-state index is 0.688. The first kappa shape index (κ1) is 13.1. The monoisotopic (exact) mass is 270 g/mol. The summed E-state index contributed by atoms with van der Waals surface area (Å²) >= 11 is 0. The van der Waals surface area contributed by atoms with Gasteiger partial charge in [0.05, 0.1) is 18.0 Å². The van der Waals surface area contributed by atoms with Gasteiger partial charge in [0.15, 0.2) is 0 Å². The highest BCUT2D eigenvalue weighted by Crippen LogP contribution is 2.36. The molecule has 104 valence electrons. The number of fused-ring (bicyclic) bond motifs is 1. The van der Waals surface area contributed by atoms with Crippen molar-refractivity contribution in [3.63, 3.8) is 0 Å². The molecular formula is C16H18N2O2. The summed E-state index contributed by atoms with van der Waals surface area (Å²) in [6, 6.07) is 7.85. The molecule has 2 heterocycles. The maximum Gasteiger partial charge on any atom is 0.128 e. The Balaban J connectivity index is 2.07. The lowest BCUT2D eigenvalue weighted by Gasteiger charge is -2.17. The van der Waals surface area contributed by atoms with Crippen LogP contribution in [0, 0.1) is 6.92 Å². The molecule has 1 aromatic heterocycles. The molecular weight excluding hydrogens is 252 g/mol. The van der Waals surface area contributed by atoms with Crippen LogP contribution in [0.25, 0.3) is 0 Å². The van der Waals surface area contributed by atoms with Crippen LogP contribution < -0.4 is 4.74 Å². The summed E-state index contributed by atoms with van der Waals surface area (Å²) in [6.07, 6.45) is 0.937. The number of nitrogens with zero attached hydrogens (tertiary/aromatic N) is 2. The van der Waals surface area contributed by atoms with E-state index in [0.29, 0.717) is 6.61 Å². The first-order chi connectivity index (χ1) is 9.70. The molecule has 4 heteroatoms. The van der Waals surface area contributed by atoms with E-state index in [0.717, 1.165) is 41.1 Å². The van der Waals surface area contributed by atoms with Gasteiger partial charge >= 0.3 is 0 Å². The van der Waals surface area contributed by atoms with Crippen molar-refractivity contribution in [2.24, 2.45) is 0 Å². The molecule has 1 N–H and O–H groups in total. The van der Waals surface area contributed by atoms with Crippen molar-refractivity contribution in [1.82, 2.24) is 10.2 Å². The van der Waals surface area contributed by atoms with E-state index < -0.39 is 6.10 Å². The van der Waals surface area contributed by atoms with E-state index in [2.05, 4.69) is 16.3 Å². The second-order valence-corrected chi connectivity index (χ2v) is 5.08. The SMILES string of the molecule is CCc1nnc(C)cc1C(O)c1cccc2c1OCC2. The van der Waals surface area contributed by atoms with Crippen molar-refractivity contribution < 1.29 is 9.84 Å². The maximum absolute atomic E-state index is 10.7. The van der Waals surface area contributed by atoms with E-state index in [4.69, 9.17) is 4.74 Å². The van der Waals surface area contributed by atoms with Gasteiger partial charge in [0.25, 0.3) is 0 Å². The zero-order valence-corrected chi connectivity index (χ0v) is 11.8. The number of aliphatic hydroxyl groups excluding tert-OH is 1. The Labute approximate surface area is 118 Å². The fourth-order valence-electron chi connectivity index (χ4n) is 2.67. The van der Waals surface area contributed by atoms with Crippen molar-refractivity contribution in [2.75, 3.05) is 6.61 Å². The lowest BCUT2D eigenvalue weighted by molar-refractivity contribution is 0.211. The van der Waals surface area contributed by atoms with Crippen LogP contribution in [0.5, 0.6) is 5.75 Å². The van der Waals surface area contributed by atoms with Crippen molar-refractivity contribution >= 4 is 0 Å². The van der Waals surface area contributed by atoms with Gasteiger partial charge in [-0.2, -0.15) is 10.2 Å². The van der Waals surface area contributed by atoms with Gasteiger partial charge in [-0.05, 0) is 25.0 Å². The molecule has 0 saturated heterocycles. The minimum atomic E-state index is -0.716. The molecule has 1 unspecified atom stereocenters. The van der Waals surface area contributed by atoms with E-state index in [1.165, 1.54) is 5.56 Å². The van der Waals surface area contributed by atoms with Gasteiger partial charge in [0.2, 0.25) is 0 Å². The fraction of sp³-hybridized carbons (Fsp3) is 0.375. The molecule has 0 bridgehead atoms. The van der Waals surface area contributed by atoms with Crippen LogP contribution in [-0.2, 0) is 12.8 Å². The Morgan fingerprint density at radius 2 is 2.15 bits per heavy atom. The van der Waals surface area contributed by atoms with Gasteiger partial charge in [0.1, 0.15) is 11.9 Å². The van der Waals surface area contributed by atoms with Crippen LogP contribution in [0.1, 0.15) is 41.1 Å². The summed E-state index contributed by atoms with van der Waals surface area (Å²) < 4.78 is 5.68. The van der Waals surface area contributed by atoms with E-state index in [1.54, 1.807) is 0 Å². The molecule has 0 saturated carbocycles. The van der Waals surface area contributed by atoms with E-state index in [-0.39, 0.29) is 0 Å². The van der Waals surface area contributed by atoms with E-state index >= 15 is 0 Å². The molecule has 0 spiro atoms. The highest BCUT2D eigenvalue weighted by molar-refractivity contribution is 5.48. The third-order valence-corrected chi connectivity index (χ3v) is 3.69. The molecule has 1 aliphatic heterocycles. The van der Waals surface area contributed by atoms with Gasteiger partial charge in [-0.1, -0.05) is 25.1 Å². The first-order valence-electron chi connectivity index (χ1n) is 6.96. The number of ether oxygens (including phenoxy) is 1. The average molecular weight is 270 g/mol. The molecule has 20 heavy (non-hydrogen) atoms. The topological polar surface area (TPSA) is 55.2 Å². The molecule has 1 aliphatic rings. The number of rotatable bonds is 3. The number of hydrogen-bond acceptors (Lipinski definition) is 4. The van der Waals surface area contributed by atoms with E-state index in [1.807, 2.05) is 32.0 Å². The van der Waals surface area contributed by atoms with Crippen LogP contribution in [-0.4, -0.2) is 21.9 Å². The van der Waals surface area contributed by atoms with Gasteiger partial charge < -0.3 is 9.84 Å². The Bertz CT molecular complexity index is 638. The van der Waals surface area contributed by atoms with Crippen LogP contribution >= 0.6 is 0 Å². The number of aliphatic hydroxyl groups is 1. The van der Waals surface area contributed by atoms with Crippen molar-refractivity contribution in [3.8, 4) is 5.75 Å². The summed E-state index contributed by atoms with van der Waals surface area (Å²) in [6.45, 7) is 4.59. The highest BCUT2D eigenvalue weighted by Gasteiger charge is 2.23. The van der Waals surface area contributed by atoms with Crippen molar-refractivity contribution in [1.29, 1.82) is 0 Å². The zero-order chi connectivity index (χ0) is 14.1. The molecule has 0 fully saturated rings. The highest BCUT2D eigenvalue weighted by atomic mass is 16.5. The van der Waals surface area contributed by atoms with Crippen LogP contribution in [0.3, 0.4) is 0 Å². The maximum atomic E-state index is 10.7. The molecule has 2 aromatic rings. The predicted molar refractivity (Wildman–Crippen MR) is 75.8 cm³/mol. The number of hydrogen-bond donors (Lipinski definition) is 1. The smallest absolute Gasteiger partial charge is 0.128 e. The third-order valence-electron chi connectivity index (χ3n) is 3.69. The Morgan fingerprint density at radius 1 is 1.30 bits per heavy atom. The van der Waals surface area contributed by atoms with Gasteiger partial charge in [-0.3, -0.25) is 0 Å². The summed E-state index contributed by atoms with van der Waals surface area (Å²) in [5.41, 5.74) is 4.45. The van der Waals surface area contributed by atoms with Gasteiger partial charge in [-0.25, -0.2) is 0 Å².